The Balaban J connectivity index is 1.70. The molecule has 2 N–H and O–H groups in total. The molecule has 0 aliphatic rings. The summed E-state index contributed by atoms with van der Waals surface area (Å²) in [4.78, 5) is 8.22. The number of benzene rings is 1. The van der Waals surface area contributed by atoms with Crippen LogP contribution in [0.15, 0.2) is 59.8 Å². The number of hydrogen-bond acceptors (Lipinski definition) is 3. The van der Waals surface area contributed by atoms with E-state index in [0.29, 0.717) is 0 Å². The highest BCUT2D eigenvalue weighted by atomic mass is 32.2. The summed E-state index contributed by atoms with van der Waals surface area (Å²) in [5.74, 6) is -1.22. The third-order valence-electron chi connectivity index (χ3n) is 2.81. The molecule has 0 saturated carbocycles. The Kier molecular flexibility index (Phi) is 3.87. The lowest BCUT2D eigenvalue weighted by atomic mass is 10.3. The molecular formula is C15H11F2N3S. The molecule has 0 fully saturated rings. The summed E-state index contributed by atoms with van der Waals surface area (Å²) in [7, 11) is 0. The Morgan fingerprint density at radius 1 is 1.10 bits per heavy atom. The van der Waals surface area contributed by atoms with E-state index in [-0.39, 0.29) is 5.69 Å². The van der Waals surface area contributed by atoms with Crippen molar-refractivity contribution in [3.8, 4) is 11.4 Å². The van der Waals surface area contributed by atoms with Crippen LogP contribution in [0.4, 0.5) is 14.5 Å². The van der Waals surface area contributed by atoms with E-state index >= 15 is 0 Å². The molecule has 0 atom stereocenters. The fourth-order valence-electron chi connectivity index (χ4n) is 1.79. The van der Waals surface area contributed by atoms with Gasteiger partial charge in [-0.2, -0.15) is 0 Å². The van der Waals surface area contributed by atoms with Crippen LogP contribution >= 0.6 is 11.9 Å². The number of pyridine rings is 1. The van der Waals surface area contributed by atoms with Crippen LogP contribution in [0.1, 0.15) is 0 Å². The topological polar surface area (TPSA) is 40.7 Å². The highest BCUT2D eigenvalue weighted by molar-refractivity contribution is 8.00. The number of H-pyrrole nitrogens is 1. The van der Waals surface area contributed by atoms with Gasteiger partial charge in [-0.15, -0.1) is 0 Å². The van der Waals surface area contributed by atoms with Crippen molar-refractivity contribution in [2.24, 2.45) is 0 Å². The van der Waals surface area contributed by atoms with Crippen LogP contribution in [0.5, 0.6) is 0 Å². The molecule has 106 valence electrons. The first-order chi connectivity index (χ1) is 10.2. The highest BCUT2D eigenvalue weighted by Crippen LogP contribution is 2.26. The van der Waals surface area contributed by atoms with E-state index in [0.717, 1.165) is 22.3 Å². The first-order valence-corrected chi connectivity index (χ1v) is 7.02. The van der Waals surface area contributed by atoms with Crippen molar-refractivity contribution >= 4 is 17.6 Å². The Labute approximate surface area is 124 Å². The number of hydrogen-bond donors (Lipinski definition) is 2. The van der Waals surface area contributed by atoms with Gasteiger partial charge in [0, 0.05) is 23.4 Å². The maximum Gasteiger partial charge on any atom is 0.150 e. The molecule has 0 spiro atoms. The van der Waals surface area contributed by atoms with Gasteiger partial charge in [-0.05, 0) is 42.3 Å². The lowest BCUT2D eigenvalue weighted by molar-refractivity contribution is 0.586. The number of nitrogens with zero attached hydrogens (tertiary/aromatic N) is 1. The van der Waals surface area contributed by atoms with E-state index in [1.165, 1.54) is 24.1 Å². The van der Waals surface area contributed by atoms with Crippen molar-refractivity contribution in [3.05, 3.63) is 66.5 Å². The van der Waals surface area contributed by atoms with Crippen LogP contribution < -0.4 is 4.72 Å². The number of halogens is 2. The zero-order valence-corrected chi connectivity index (χ0v) is 11.6. The maximum atomic E-state index is 13.5. The van der Waals surface area contributed by atoms with Crippen molar-refractivity contribution in [1.29, 1.82) is 0 Å². The zero-order chi connectivity index (χ0) is 14.7. The number of nitrogens with one attached hydrogen (secondary N) is 2. The van der Waals surface area contributed by atoms with E-state index in [9.17, 15) is 8.78 Å². The van der Waals surface area contributed by atoms with E-state index < -0.39 is 11.6 Å². The van der Waals surface area contributed by atoms with Crippen molar-refractivity contribution in [2.45, 2.75) is 4.90 Å². The average Bonchev–Trinajstić information content (AvgIpc) is 2.96. The van der Waals surface area contributed by atoms with Gasteiger partial charge < -0.3 is 9.71 Å². The lowest BCUT2D eigenvalue weighted by Gasteiger charge is -2.04. The van der Waals surface area contributed by atoms with Gasteiger partial charge in [0.25, 0.3) is 0 Å². The van der Waals surface area contributed by atoms with Crippen LogP contribution in [0.2, 0.25) is 0 Å². The molecule has 21 heavy (non-hydrogen) atoms. The summed E-state index contributed by atoms with van der Waals surface area (Å²) in [6, 6.07) is 11.0. The molecule has 0 radical (unpaired) electrons. The minimum absolute atomic E-state index is 0.238. The molecule has 0 aliphatic heterocycles. The quantitative estimate of drug-likeness (QED) is 0.698. The van der Waals surface area contributed by atoms with Crippen molar-refractivity contribution in [2.75, 3.05) is 4.72 Å². The molecule has 2 heterocycles. The first kappa shape index (κ1) is 13.6. The molecular weight excluding hydrogens is 292 g/mol. The molecule has 3 rings (SSSR count). The number of aromatic nitrogens is 2. The summed E-state index contributed by atoms with van der Waals surface area (Å²) >= 11 is 1.24. The summed E-state index contributed by atoms with van der Waals surface area (Å²) in [6.07, 6.45) is 3.51. The molecule has 0 aliphatic carbocycles. The summed E-state index contributed by atoms with van der Waals surface area (Å²) < 4.78 is 29.2. The second-order valence-electron chi connectivity index (χ2n) is 4.29. The van der Waals surface area contributed by atoms with E-state index in [1.54, 1.807) is 12.4 Å². The van der Waals surface area contributed by atoms with Crippen molar-refractivity contribution in [1.82, 2.24) is 9.97 Å². The molecule has 2 aromatic heterocycles. The molecule has 0 bridgehead atoms. The van der Waals surface area contributed by atoms with Gasteiger partial charge >= 0.3 is 0 Å². The van der Waals surface area contributed by atoms with Crippen molar-refractivity contribution < 1.29 is 8.78 Å². The van der Waals surface area contributed by atoms with Gasteiger partial charge in [0.2, 0.25) is 0 Å². The zero-order valence-electron chi connectivity index (χ0n) is 10.8. The van der Waals surface area contributed by atoms with E-state index in [1.807, 2.05) is 24.3 Å². The Morgan fingerprint density at radius 3 is 2.76 bits per heavy atom. The summed E-state index contributed by atoms with van der Waals surface area (Å²) in [6.45, 7) is 0. The number of anilines is 1. The number of aromatic amines is 1. The molecule has 1 aromatic carbocycles. The smallest absolute Gasteiger partial charge is 0.150 e. The van der Waals surface area contributed by atoms with Crippen LogP contribution in [0, 0.1) is 11.6 Å². The normalized spacial score (nSPS) is 10.6. The SMILES string of the molecule is Fc1ccc(NSc2c[nH]c(-c3ccccn3)c2)c(F)c1. The van der Waals surface area contributed by atoms with E-state index in [2.05, 4.69) is 14.7 Å². The minimum Gasteiger partial charge on any atom is -0.359 e. The molecule has 3 aromatic rings. The van der Waals surface area contributed by atoms with Gasteiger partial charge in [-0.3, -0.25) is 4.98 Å². The molecule has 6 heteroatoms. The monoisotopic (exact) mass is 303 g/mol. The largest absolute Gasteiger partial charge is 0.359 e. The Bertz CT molecular complexity index is 744. The Morgan fingerprint density at radius 2 is 2.00 bits per heavy atom. The first-order valence-electron chi connectivity index (χ1n) is 6.20. The van der Waals surface area contributed by atoms with E-state index in [4.69, 9.17) is 0 Å². The third kappa shape index (κ3) is 3.22. The fraction of sp³-hybridized carbons (Fsp3) is 0. The van der Waals surface area contributed by atoms with Gasteiger partial charge in [-0.25, -0.2) is 8.78 Å². The highest BCUT2D eigenvalue weighted by Gasteiger charge is 2.06. The van der Waals surface area contributed by atoms with Crippen LogP contribution in [0.3, 0.4) is 0 Å². The standard InChI is InChI=1S/C15H11F2N3S/c16-10-4-5-13(12(17)7-10)20-21-11-8-15(19-9-11)14-3-1-2-6-18-14/h1-9,19-20H. The van der Waals surface area contributed by atoms with Gasteiger partial charge in [0.1, 0.15) is 11.6 Å². The van der Waals surface area contributed by atoms with Gasteiger partial charge in [0.15, 0.2) is 0 Å². The second kappa shape index (κ2) is 5.97. The summed E-state index contributed by atoms with van der Waals surface area (Å²) in [5, 5.41) is 0. The van der Waals surface area contributed by atoms with Gasteiger partial charge in [0.05, 0.1) is 17.1 Å². The average molecular weight is 303 g/mol. The third-order valence-corrected chi connectivity index (χ3v) is 3.60. The Hall–Kier alpha value is -2.34. The molecule has 0 saturated heterocycles. The van der Waals surface area contributed by atoms with Crippen LogP contribution in [0.25, 0.3) is 11.4 Å². The molecule has 3 nitrogen and oxygen atoms in total. The predicted molar refractivity (Wildman–Crippen MR) is 79.9 cm³/mol. The lowest BCUT2D eigenvalue weighted by Crippen LogP contribution is -1.91. The fourth-order valence-corrected chi connectivity index (χ4v) is 2.48. The molecule has 0 unspecified atom stereocenters. The summed E-state index contributed by atoms with van der Waals surface area (Å²) in [5.41, 5.74) is 1.94. The second-order valence-corrected chi connectivity index (χ2v) is 5.17. The molecule has 0 amide bonds. The van der Waals surface area contributed by atoms with Gasteiger partial charge in [-0.1, -0.05) is 6.07 Å². The predicted octanol–water partition coefficient (Wildman–Crippen LogP) is 4.47. The number of rotatable bonds is 4. The maximum absolute atomic E-state index is 13.5. The minimum atomic E-state index is -0.622. The van der Waals surface area contributed by atoms with Crippen LogP contribution in [-0.4, -0.2) is 9.97 Å². The van der Waals surface area contributed by atoms with Crippen LogP contribution in [-0.2, 0) is 0 Å². The van der Waals surface area contributed by atoms with Crippen molar-refractivity contribution in [3.63, 3.8) is 0 Å².